The summed E-state index contributed by atoms with van der Waals surface area (Å²) in [5, 5.41) is 8.13. The lowest BCUT2D eigenvalue weighted by Crippen LogP contribution is -2.45. The Balaban J connectivity index is 1.88. The van der Waals surface area contributed by atoms with Gasteiger partial charge in [0.1, 0.15) is 16.5 Å². The molecular weight excluding hydrogens is 438 g/mol. The monoisotopic (exact) mass is 471 g/mol. The molecule has 1 aromatic carbocycles. The summed E-state index contributed by atoms with van der Waals surface area (Å²) in [5.41, 5.74) is 0.909. The van der Waals surface area contributed by atoms with Gasteiger partial charge in [-0.15, -0.1) is 0 Å². The molecule has 1 N–H and O–H groups in total. The first-order chi connectivity index (χ1) is 15.8. The third-order valence-electron chi connectivity index (χ3n) is 5.95. The Kier molecular flexibility index (Phi) is 6.87. The fourth-order valence-corrected chi connectivity index (χ4v) is 5.63. The Bertz CT molecular complexity index is 1200. The molecule has 0 radical (unpaired) electrons. The lowest BCUT2D eigenvalue weighted by molar-refractivity contribution is 0.311. The number of benzene rings is 1. The molecular formula is C23H33N7O2S. The quantitative estimate of drug-likeness (QED) is 0.533. The number of sulfone groups is 1. The molecule has 1 aliphatic heterocycles. The van der Waals surface area contributed by atoms with Gasteiger partial charge in [-0.3, -0.25) is 0 Å². The zero-order valence-electron chi connectivity index (χ0n) is 19.8. The normalized spacial score (nSPS) is 15.5. The number of nitrogens with one attached hydrogen (secondary N) is 1. The molecule has 0 bridgehead atoms. The molecule has 3 heterocycles. The lowest BCUT2D eigenvalue weighted by Gasteiger charge is -2.34. The first-order valence-corrected chi connectivity index (χ1v) is 12.8. The minimum absolute atomic E-state index is 0.197. The number of piperazine rings is 1. The molecule has 1 saturated heterocycles. The number of anilines is 2. The van der Waals surface area contributed by atoms with E-state index in [9.17, 15) is 8.42 Å². The molecule has 0 aliphatic carbocycles. The van der Waals surface area contributed by atoms with Crippen LogP contribution in [0.2, 0.25) is 0 Å². The smallest absolute Gasteiger partial charge is 0.212 e. The van der Waals surface area contributed by atoms with Crippen LogP contribution in [0.1, 0.15) is 12.6 Å². The van der Waals surface area contributed by atoms with E-state index in [2.05, 4.69) is 27.1 Å². The average molecular weight is 472 g/mol. The molecule has 9 nitrogen and oxygen atoms in total. The summed E-state index contributed by atoms with van der Waals surface area (Å²) in [4.78, 5) is 11.8. The third-order valence-corrected chi connectivity index (χ3v) is 7.79. The molecule has 1 aliphatic rings. The second-order valence-electron chi connectivity index (χ2n) is 8.70. The van der Waals surface area contributed by atoms with E-state index in [-0.39, 0.29) is 9.79 Å². The van der Waals surface area contributed by atoms with Crippen molar-refractivity contribution in [1.82, 2.24) is 24.4 Å². The Morgan fingerprint density at radius 3 is 2.42 bits per heavy atom. The van der Waals surface area contributed by atoms with Crippen LogP contribution in [0.4, 0.5) is 11.6 Å². The zero-order chi connectivity index (χ0) is 23.6. The van der Waals surface area contributed by atoms with E-state index >= 15 is 0 Å². The van der Waals surface area contributed by atoms with Crippen LogP contribution in [0.15, 0.2) is 46.2 Å². The topological polar surface area (TPSA) is 86.1 Å². The summed E-state index contributed by atoms with van der Waals surface area (Å²) >= 11 is 0. The van der Waals surface area contributed by atoms with Crippen LogP contribution in [-0.2, 0) is 16.3 Å². The SMILES string of the molecule is CCc1nn2c(N3CCN(C)CC3)cc(NCCN(C)C)nc2c1S(=O)(=O)c1ccccc1. The Labute approximate surface area is 195 Å². The van der Waals surface area contributed by atoms with Crippen molar-refractivity contribution in [2.45, 2.75) is 23.1 Å². The maximum absolute atomic E-state index is 13.7. The van der Waals surface area contributed by atoms with Gasteiger partial charge in [0, 0.05) is 45.3 Å². The summed E-state index contributed by atoms with van der Waals surface area (Å²) in [6, 6.07) is 10.5. The average Bonchev–Trinajstić information content (AvgIpc) is 3.19. The van der Waals surface area contributed by atoms with E-state index in [1.807, 2.05) is 33.2 Å². The predicted octanol–water partition coefficient (Wildman–Crippen LogP) is 1.85. The second-order valence-corrected chi connectivity index (χ2v) is 10.6. The fraction of sp³-hybridized carbons (Fsp3) is 0.478. The van der Waals surface area contributed by atoms with E-state index in [0.29, 0.717) is 30.1 Å². The lowest BCUT2D eigenvalue weighted by atomic mass is 10.3. The number of aryl methyl sites for hydroxylation is 1. The van der Waals surface area contributed by atoms with Crippen LogP contribution >= 0.6 is 0 Å². The largest absolute Gasteiger partial charge is 0.369 e. The van der Waals surface area contributed by atoms with Gasteiger partial charge < -0.3 is 20.0 Å². The fourth-order valence-electron chi connectivity index (χ4n) is 4.01. The predicted molar refractivity (Wildman–Crippen MR) is 131 cm³/mol. The van der Waals surface area contributed by atoms with Crippen molar-refractivity contribution >= 4 is 27.1 Å². The number of likely N-dealkylation sites (N-methyl/N-ethyl adjacent to an activating group) is 2. The number of hydrogen-bond donors (Lipinski definition) is 1. The van der Waals surface area contributed by atoms with Gasteiger partial charge >= 0.3 is 0 Å². The maximum atomic E-state index is 13.7. The van der Waals surface area contributed by atoms with Crippen LogP contribution in [0.3, 0.4) is 0 Å². The molecule has 4 rings (SSSR count). The molecule has 1 fully saturated rings. The van der Waals surface area contributed by atoms with Crippen molar-refractivity contribution in [3.63, 3.8) is 0 Å². The van der Waals surface area contributed by atoms with Crippen molar-refractivity contribution in [2.75, 3.05) is 70.6 Å². The molecule has 0 spiro atoms. The minimum Gasteiger partial charge on any atom is -0.369 e. The summed E-state index contributed by atoms with van der Waals surface area (Å²) in [6.07, 6.45) is 0.496. The molecule has 178 valence electrons. The van der Waals surface area contributed by atoms with Gasteiger partial charge in [0.25, 0.3) is 0 Å². The van der Waals surface area contributed by atoms with Gasteiger partial charge in [0.2, 0.25) is 9.84 Å². The minimum atomic E-state index is -3.78. The molecule has 0 atom stereocenters. The zero-order valence-corrected chi connectivity index (χ0v) is 20.6. The molecule has 33 heavy (non-hydrogen) atoms. The van der Waals surface area contributed by atoms with Gasteiger partial charge in [0.05, 0.1) is 10.6 Å². The Morgan fingerprint density at radius 1 is 1.09 bits per heavy atom. The number of hydrogen-bond acceptors (Lipinski definition) is 8. The maximum Gasteiger partial charge on any atom is 0.212 e. The standard InChI is InChI=1S/C23H33N7O2S/c1-5-19-22(33(31,32)18-9-7-6-8-10-18)23-25-20(24-11-12-27(2)3)17-21(30(23)26-19)29-15-13-28(4)14-16-29/h6-10,17H,5,11-16H2,1-4H3,(H,24,25). The molecule has 2 aromatic heterocycles. The van der Waals surface area contributed by atoms with Crippen LogP contribution < -0.4 is 10.2 Å². The molecule has 3 aromatic rings. The van der Waals surface area contributed by atoms with Gasteiger partial charge in [-0.2, -0.15) is 9.61 Å². The van der Waals surface area contributed by atoms with Crippen LogP contribution in [0.25, 0.3) is 5.65 Å². The van der Waals surface area contributed by atoms with Gasteiger partial charge in [-0.1, -0.05) is 25.1 Å². The first-order valence-electron chi connectivity index (χ1n) is 11.4. The Morgan fingerprint density at radius 2 is 1.79 bits per heavy atom. The highest BCUT2D eigenvalue weighted by Crippen LogP contribution is 2.31. The molecule has 10 heteroatoms. The number of fused-ring (bicyclic) bond motifs is 1. The van der Waals surface area contributed by atoms with E-state index in [0.717, 1.165) is 38.5 Å². The van der Waals surface area contributed by atoms with Crippen molar-refractivity contribution in [3.8, 4) is 0 Å². The molecule has 0 saturated carbocycles. The summed E-state index contributed by atoms with van der Waals surface area (Å²) in [5.74, 6) is 1.52. The van der Waals surface area contributed by atoms with Crippen LogP contribution in [0, 0.1) is 0 Å². The highest BCUT2D eigenvalue weighted by atomic mass is 32.2. The highest BCUT2D eigenvalue weighted by molar-refractivity contribution is 7.91. The molecule has 0 amide bonds. The van der Waals surface area contributed by atoms with E-state index in [1.54, 1.807) is 28.8 Å². The van der Waals surface area contributed by atoms with Crippen LogP contribution in [0.5, 0.6) is 0 Å². The van der Waals surface area contributed by atoms with Gasteiger partial charge in [0.15, 0.2) is 5.65 Å². The van der Waals surface area contributed by atoms with Crippen molar-refractivity contribution < 1.29 is 8.42 Å². The number of nitrogens with zero attached hydrogens (tertiary/aromatic N) is 6. The van der Waals surface area contributed by atoms with Crippen molar-refractivity contribution in [3.05, 3.63) is 42.1 Å². The van der Waals surface area contributed by atoms with E-state index in [1.165, 1.54) is 0 Å². The number of rotatable bonds is 8. The summed E-state index contributed by atoms with van der Waals surface area (Å²) < 4.78 is 29.1. The summed E-state index contributed by atoms with van der Waals surface area (Å²) in [6.45, 7) is 7.02. The van der Waals surface area contributed by atoms with E-state index in [4.69, 9.17) is 10.1 Å². The second kappa shape index (κ2) is 9.66. The van der Waals surface area contributed by atoms with E-state index < -0.39 is 9.84 Å². The number of aromatic nitrogens is 3. The Hall–Kier alpha value is -2.69. The first kappa shape index (κ1) is 23.5. The molecule has 0 unspecified atom stereocenters. The van der Waals surface area contributed by atoms with Gasteiger partial charge in [-0.25, -0.2) is 13.4 Å². The van der Waals surface area contributed by atoms with Crippen LogP contribution in [-0.4, -0.2) is 93.2 Å². The third kappa shape index (κ3) is 4.83. The highest BCUT2D eigenvalue weighted by Gasteiger charge is 2.30. The van der Waals surface area contributed by atoms with Gasteiger partial charge in [-0.05, 0) is 39.7 Å². The summed E-state index contributed by atoms with van der Waals surface area (Å²) in [7, 11) is 2.37. The van der Waals surface area contributed by atoms with Crippen molar-refractivity contribution in [1.29, 1.82) is 0 Å². The van der Waals surface area contributed by atoms with Crippen molar-refractivity contribution in [2.24, 2.45) is 0 Å².